The van der Waals surface area contributed by atoms with Gasteiger partial charge in [0.1, 0.15) is 0 Å². The van der Waals surface area contributed by atoms with Gasteiger partial charge in [-0.05, 0) is 49.7 Å². The molecule has 0 atom stereocenters. The van der Waals surface area contributed by atoms with Gasteiger partial charge in [-0.25, -0.2) is 4.79 Å². The van der Waals surface area contributed by atoms with Crippen LogP contribution in [-0.2, 0) is 6.18 Å². The Morgan fingerprint density at radius 1 is 0.955 bits per heavy atom. The first kappa shape index (κ1) is 15.9. The second kappa shape index (κ2) is 6.09. The number of alkyl halides is 3. The van der Waals surface area contributed by atoms with Crippen molar-refractivity contribution in [1.82, 2.24) is 0 Å². The van der Waals surface area contributed by atoms with Gasteiger partial charge in [0.2, 0.25) is 0 Å². The Bertz CT molecular complexity index is 679. The molecule has 0 aliphatic carbocycles. The van der Waals surface area contributed by atoms with E-state index in [1.165, 1.54) is 12.1 Å². The fraction of sp³-hybridized carbons (Fsp3) is 0.188. The standard InChI is InChI=1S/C16H15F3N2O/c1-10-3-8-14(11(2)9-10)21-15(22)20-13-6-4-12(5-7-13)16(17,18)19/h3-9H,1-2H3,(H2,20,21,22). The molecule has 0 saturated heterocycles. The Morgan fingerprint density at radius 3 is 2.14 bits per heavy atom. The molecule has 116 valence electrons. The van der Waals surface area contributed by atoms with E-state index in [-0.39, 0.29) is 5.69 Å². The van der Waals surface area contributed by atoms with E-state index in [1.807, 2.05) is 26.0 Å². The van der Waals surface area contributed by atoms with Crippen LogP contribution in [0.25, 0.3) is 0 Å². The van der Waals surface area contributed by atoms with Crippen LogP contribution < -0.4 is 10.6 Å². The van der Waals surface area contributed by atoms with Crippen LogP contribution in [0.2, 0.25) is 0 Å². The van der Waals surface area contributed by atoms with E-state index in [2.05, 4.69) is 10.6 Å². The molecule has 6 heteroatoms. The smallest absolute Gasteiger partial charge is 0.308 e. The number of amides is 2. The summed E-state index contributed by atoms with van der Waals surface area (Å²) in [4.78, 5) is 11.9. The predicted molar refractivity (Wildman–Crippen MR) is 80.0 cm³/mol. The summed E-state index contributed by atoms with van der Waals surface area (Å²) in [6.45, 7) is 3.81. The summed E-state index contributed by atoms with van der Waals surface area (Å²) in [6, 6.07) is 9.33. The van der Waals surface area contributed by atoms with Crippen LogP contribution in [0, 0.1) is 13.8 Å². The molecule has 0 radical (unpaired) electrons. The number of halogens is 3. The number of rotatable bonds is 2. The SMILES string of the molecule is Cc1ccc(NC(=O)Nc2ccc(C(F)(F)F)cc2)c(C)c1. The zero-order valence-electron chi connectivity index (χ0n) is 12.1. The Kier molecular flexibility index (Phi) is 4.40. The van der Waals surface area contributed by atoms with Crippen LogP contribution in [0.15, 0.2) is 42.5 Å². The number of hydrogen-bond acceptors (Lipinski definition) is 1. The van der Waals surface area contributed by atoms with Gasteiger partial charge in [0.15, 0.2) is 0 Å². The third kappa shape index (κ3) is 4.00. The molecule has 2 N–H and O–H groups in total. The van der Waals surface area contributed by atoms with Crippen molar-refractivity contribution in [3.63, 3.8) is 0 Å². The van der Waals surface area contributed by atoms with Crippen LogP contribution in [0.4, 0.5) is 29.3 Å². The Morgan fingerprint density at radius 2 is 1.59 bits per heavy atom. The summed E-state index contributed by atoms with van der Waals surface area (Å²) in [5.41, 5.74) is 2.16. The highest BCUT2D eigenvalue weighted by Gasteiger charge is 2.29. The highest BCUT2D eigenvalue weighted by atomic mass is 19.4. The lowest BCUT2D eigenvalue weighted by molar-refractivity contribution is -0.137. The third-order valence-corrected chi connectivity index (χ3v) is 3.10. The summed E-state index contributed by atoms with van der Waals surface area (Å²) in [7, 11) is 0. The molecule has 0 unspecified atom stereocenters. The minimum Gasteiger partial charge on any atom is -0.308 e. The van der Waals surface area contributed by atoms with Crippen LogP contribution in [-0.4, -0.2) is 6.03 Å². The molecule has 0 spiro atoms. The number of aryl methyl sites for hydroxylation is 2. The maximum Gasteiger partial charge on any atom is 0.416 e. The molecule has 3 nitrogen and oxygen atoms in total. The summed E-state index contributed by atoms with van der Waals surface area (Å²) in [6.07, 6.45) is -4.39. The molecule has 0 saturated carbocycles. The molecule has 0 fully saturated rings. The number of carbonyl (C=O) groups excluding carboxylic acids is 1. The van der Waals surface area contributed by atoms with Gasteiger partial charge in [-0.15, -0.1) is 0 Å². The third-order valence-electron chi connectivity index (χ3n) is 3.10. The molecule has 0 aromatic heterocycles. The van der Waals surface area contributed by atoms with Crippen molar-refractivity contribution in [2.45, 2.75) is 20.0 Å². The molecule has 22 heavy (non-hydrogen) atoms. The molecule has 2 aromatic carbocycles. The van der Waals surface area contributed by atoms with Crippen molar-refractivity contribution in [2.75, 3.05) is 10.6 Å². The van der Waals surface area contributed by atoms with Gasteiger partial charge in [-0.3, -0.25) is 0 Å². The topological polar surface area (TPSA) is 41.1 Å². The van der Waals surface area contributed by atoms with Crippen molar-refractivity contribution in [1.29, 1.82) is 0 Å². The zero-order chi connectivity index (χ0) is 16.3. The van der Waals surface area contributed by atoms with E-state index in [1.54, 1.807) is 6.07 Å². The number of hydrogen-bond donors (Lipinski definition) is 2. The second-order valence-corrected chi connectivity index (χ2v) is 4.97. The first-order chi connectivity index (χ1) is 10.3. The summed E-state index contributed by atoms with van der Waals surface area (Å²) in [5.74, 6) is 0. The monoisotopic (exact) mass is 308 g/mol. The van der Waals surface area contributed by atoms with Gasteiger partial charge in [-0.2, -0.15) is 13.2 Å². The summed E-state index contributed by atoms with van der Waals surface area (Å²) < 4.78 is 37.3. The fourth-order valence-corrected chi connectivity index (χ4v) is 1.98. The minimum atomic E-state index is -4.39. The first-order valence-corrected chi connectivity index (χ1v) is 6.58. The normalized spacial score (nSPS) is 11.1. The Labute approximate surface area is 126 Å². The number of benzene rings is 2. The highest BCUT2D eigenvalue weighted by Crippen LogP contribution is 2.29. The molecular formula is C16H15F3N2O. The van der Waals surface area contributed by atoms with Gasteiger partial charge in [0.05, 0.1) is 5.56 Å². The van der Waals surface area contributed by atoms with Crippen LogP contribution in [0.3, 0.4) is 0 Å². The summed E-state index contributed by atoms with van der Waals surface area (Å²) >= 11 is 0. The zero-order valence-corrected chi connectivity index (χ0v) is 12.1. The molecule has 2 rings (SSSR count). The van der Waals surface area contributed by atoms with Crippen LogP contribution in [0.5, 0.6) is 0 Å². The van der Waals surface area contributed by atoms with E-state index in [9.17, 15) is 18.0 Å². The molecule has 0 bridgehead atoms. The molecular weight excluding hydrogens is 293 g/mol. The molecule has 0 heterocycles. The lowest BCUT2D eigenvalue weighted by atomic mass is 10.1. The van der Waals surface area contributed by atoms with E-state index in [4.69, 9.17) is 0 Å². The molecule has 0 aliphatic rings. The van der Waals surface area contributed by atoms with Crippen molar-refractivity contribution >= 4 is 17.4 Å². The van der Waals surface area contributed by atoms with Gasteiger partial charge in [0.25, 0.3) is 0 Å². The maximum absolute atomic E-state index is 12.4. The van der Waals surface area contributed by atoms with Crippen LogP contribution >= 0.6 is 0 Å². The quantitative estimate of drug-likeness (QED) is 0.808. The van der Waals surface area contributed by atoms with Gasteiger partial charge in [-0.1, -0.05) is 17.7 Å². The molecule has 0 aliphatic heterocycles. The Hall–Kier alpha value is -2.50. The average Bonchev–Trinajstić information content (AvgIpc) is 2.41. The van der Waals surface area contributed by atoms with Crippen molar-refractivity contribution in [3.05, 3.63) is 59.2 Å². The van der Waals surface area contributed by atoms with E-state index < -0.39 is 17.8 Å². The molecule has 2 amide bonds. The van der Waals surface area contributed by atoms with Gasteiger partial charge in [0, 0.05) is 11.4 Å². The molecule has 2 aromatic rings. The first-order valence-electron chi connectivity index (χ1n) is 6.58. The van der Waals surface area contributed by atoms with Crippen molar-refractivity contribution in [2.24, 2.45) is 0 Å². The van der Waals surface area contributed by atoms with Crippen molar-refractivity contribution < 1.29 is 18.0 Å². The van der Waals surface area contributed by atoms with Crippen molar-refractivity contribution in [3.8, 4) is 0 Å². The minimum absolute atomic E-state index is 0.287. The number of urea groups is 1. The van der Waals surface area contributed by atoms with Crippen LogP contribution in [0.1, 0.15) is 16.7 Å². The summed E-state index contributed by atoms with van der Waals surface area (Å²) in [5, 5.41) is 5.15. The lowest BCUT2D eigenvalue weighted by Gasteiger charge is -2.11. The Balaban J connectivity index is 2.03. The predicted octanol–water partition coefficient (Wildman–Crippen LogP) is 4.97. The average molecular weight is 308 g/mol. The van der Waals surface area contributed by atoms with E-state index in [0.29, 0.717) is 5.69 Å². The maximum atomic E-state index is 12.4. The van der Waals surface area contributed by atoms with E-state index in [0.717, 1.165) is 23.3 Å². The number of nitrogens with one attached hydrogen (secondary N) is 2. The largest absolute Gasteiger partial charge is 0.416 e. The second-order valence-electron chi connectivity index (χ2n) is 4.97. The number of anilines is 2. The van der Waals surface area contributed by atoms with E-state index >= 15 is 0 Å². The fourth-order valence-electron chi connectivity index (χ4n) is 1.98. The van der Waals surface area contributed by atoms with Gasteiger partial charge >= 0.3 is 12.2 Å². The number of carbonyl (C=O) groups is 1. The van der Waals surface area contributed by atoms with Gasteiger partial charge < -0.3 is 10.6 Å². The highest BCUT2D eigenvalue weighted by molar-refractivity contribution is 6.00. The lowest BCUT2D eigenvalue weighted by Crippen LogP contribution is -2.20.